The van der Waals surface area contributed by atoms with Gasteiger partial charge in [-0.25, -0.2) is 9.97 Å². The SMILES string of the molecule is CCCCCCCCc1cnc(-c2ccc(OCCCCCCCCCOc3ccc(-c4ccc(C#N)cc4)cc3)cc2)nc1. The second-order valence-corrected chi connectivity index (χ2v) is 11.8. The van der Waals surface area contributed by atoms with Crippen molar-refractivity contribution in [2.24, 2.45) is 0 Å². The molecule has 0 bridgehead atoms. The quantitative estimate of drug-likeness (QED) is 0.0886. The van der Waals surface area contributed by atoms with Crippen molar-refractivity contribution in [1.82, 2.24) is 9.97 Å². The van der Waals surface area contributed by atoms with Crippen LogP contribution in [0.4, 0.5) is 0 Å². The third-order valence-electron chi connectivity index (χ3n) is 8.16. The number of benzene rings is 3. The average molecular weight is 604 g/mol. The van der Waals surface area contributed by atoms with Gasteiger partial charge in [0.25, 0.3) is 0 Å². The van der Waals surface area contributed by atoms with Crippen LogP contribution in [0.15, 0.2) is 85.2 Å². The van der Waals surface area contributed by atoms with Crippen LogP contribution in [0.2, 0.25) is 0 Å². The molecule has 1 heterocycles. The number of hydrogen-bond donors (Lipinski definition) is 0. The van der Waals surface area contributed by atoms with Crippen molar-refractivity contribution in [3.8, 4) is 40.1 Å². The molecule has 5 heteroatoms. The molecule has 0 atom stereocenters. The number of nitriles is 1. The molecule has 0 saturated heterocycles. The van der Waals surface area contributed by atoms with E-state index in [2.05, 4.69) is 35.1 Å². The maximum Gasteiger partial charge on any atom is 0.159 e. The number of aryl methyl sites for hydroxylation is 1. The first-order valence-corrected chi connectivity index (χ1v) is 17.0. The summed E-state index contributed by atoms with van der Waals surface area (Å²) in [5.74, 6) is 2.58. The summed E-state index contributed by atoms with van der Waals surface area (Å²) in [6, 6.07) is 26.1. The molecule has 0 aliphatic heterocycles. The molecule has 1 aromatic heterocycles. The number of rotatable bonds is 21. The van der Waals surface area contributed by atoms with Crippen LogP contribution in [0.1, 0.15) is 102 Å². The molecule has 0 aliphatic rings. The summed E-state index contributed by atoms with van der Waals surface area (Å²) in [5.41, 5.74) is 5.16. The minimum Gasteiger partial charge on any atom is -0.494 e. The fourth-order valence-electron chi connectivity index (χ4n) is 5.39. The van der Waals surface area contributed by atoms with Crippen LogP contribution in [0.25, 0.3) is 22.5 Å². The number of unbranched alkanes of at least 4 members (excludes halogenated alkanes) is 11. The number of aromatic nitrogens is 2. The standard InChI is InChI=1S/C40H49N3O2/c1-2-3-4-5-9-12-15-34-31-42-40(43-32-34)37-22-26-39(27-23-37)45-29-14-11-8-6-7-10-13-28-44-38-24-20-36(21-25-38)35-18-16-33(30-41)17-19-35/h16-27,31-32H,2-15,28-29H2,1H3. The first-order valence-electron chi connectivity index (χ1n) is 17.0. The van der Waals surface area contributed by atoms with E-state index in [1.807, 2.05) is 73.1 Å². The van der Waals surface area contributed by atoms with Crippen LogP contribution in [0, 0.1) is 11.3 Å². The van der Waals surface area contributed by atoms with E-state index in [4.69, 9.17) is 14.7 Å². The van der Waals surface area contributed by atoms with Crippen molar-refractivity contribution < 1.29 is 9.47 Å². The zero-order chi connectivity index (χ0) is 31.4. The predicted molar refractivity (Wildman–Crippen MR) is 184 cm³/mol. The Morgan fingerprint density at radius 3 is 1.49 bits per heavy atom. The molecule has 3 aromatic carbocycles. The summed E-state index contributed by atoms with van der Waals surface area (Å²) in [6.07, 6.45) is 21.1. The van der Waals surface area contributed by atoms with Crippen LogP contribution in [-0.2, 0) is 6.42 Å². The van der Waals surface area contributed by atoms with E-state index in [0.29, 0.717) is 5.56 Å². The van der Waals surface area contributed by atoms with Crippen LogP contribution in [0.3, 0.4) is 0 Å². The molecule has 4 aromatic rings. The molecule has 0 saturated carbocycles. The molecule has 45 heavy (non-hydrogen) atoms. The zero-order valence-electron chi connectivity index (χ0n) is 27.1. The van der Waals surface area contributed by atoms with E-state index < -0.39 is 0 Å². The van der Waals surface area contributed by atoms with E-state index in [0.717, 1.165) is 66.5 Å². The first kappa shape index (κ1) is 33.7. The molecule has 4 rings (SSSR count). The molecule has 0 radical (unpaired) electrons. The van der Waals surface area contributed by atoms with Gasteiger partial charge in [0.2, 0.25) is 0 Å². The molecule has 0 N–H and O–H groups in total. The molecule has 0 fully saturated rings. The van der Waals surface area contributed by atoms with Crippen molar-refractivity contribution >= 4 is 0 Å². The van der Waals surface area contributed by atoms with Crippen molar-refractivity contribution in [3.63, 3.8) is 0 Å². The molecule has 0 amide bonds. The van der Waals surface area contributed by atoms with E-state index in [-0.39, 0.29) is 0 Å². The zero-order valence-corrected chi connectivity index (χ0v) is 27.1. The van der Waals surface area contributed by atoms with Gasteiger partial charge in [0.1, 0.15) is 11.5 Å². The monoisotopic (exact) mass is 603 g/mol. The lowest BCUT2D eigenvalue weighted by Gasteiger charge is -2.08. The highest BCUT2D eigenvalue weighted by molar-refractivity contribution is 5.65. The van der Waals surface area contributed by atoms with Gasteiger partial charge < -0.3 is 9.47 Å². The Morgan fingerprint density at radius 1 is 0.533 bits per heavy atom. The maximum absolute atomic E-state index is 8.96. The molecule has 5 nitrogen and oxygen atoms in total. The summed E-state index contributed by atoms with van der Waals surface area (Å²) < 4.78 is 11.9. The van der Waals surface area contributed by atoms with Crippen LogP contribution >= 0.6 is 0 Å². The Balaban J connectivity index is 0.995. The van der Waals surface area contributed by atoms with Crippen molar-refractivity contribution in [2.45, 2.75) is 96.8 Å². The predicted octanol–water partition coefficient (Wildman–Crippen LogP) is 10.8. The van der Waals surface area contributed by atoms with Gasteiger partial charge in [-0.3, -0.25) is 0 Å². The highest BCUT2D eigenvalue weighted by Gasteiger charge is 2.04. The van der Waals surface area contributed by atoms with Crippen LogP contribution in [0.5, 0.6) is 11.5 Å². The van der Waals surface area contributed by atoms with Gasteiger partial charge in [0, 0.05) is 18.0 Å². The van der Waals surface area contributed by atoms with E-state index in [9.17, 15) is 0 Å². The second kappa shape index (κ2) is 20.0. The fourth-order valence-corrected chi connectivity index (χ4v) is 5.39. The summed E-state index contributed by atoms with van der Waals surface area (Å²) in [5, 5.41) is 8.96. The Kier molecular flexibility index (Phi) is 15.0. The third kappa shape index (κ3) is 12.4. The lowest BCUT2D eigenvalue weighted by Crippen LogP contribution is -1.98. The summed E-state index contributed by atoms with van der Waals surface area (Å²) in [6.45, 7) is 3.76. The molecule has 0 aliphatic carbocycles. The van der Waals surface area contributed by atoms with E-state index in [1.165, 1.54) is 76.2 Å². The fraction of sp³-hybridized carbons (Fsp3) is 0.425. The van der Waals surface area contributed by atoms with Crippen molar-refractivity contribution in [3.05, 3.63) is 96.3 Å². The molecule has 236 valence electrons. The normalized spacial score (nSPS) is 10.8. The third-order valence-corrected chi connectivity index (χ3v) is 8.16. The van der Waals surface area contributed by atoms with Gasteiger partial charge in [0.05, 0.1) is 24.8 Å². The lowest BCUT2D eigenvalue weighted by molar-refractivity contribution is 0.300. The van der Waals surface area contributed by atoms with Crippen molar-refractivity contribution in [1.29, 1.82) is 5.26 Å². The number of hydrogen-bond acceptors (Lipinski definition) is 5. The highest BCUT2D eigenvalue weighted by atomic mass is 16.5. The maximum atomic E-state index is 8.96. The van der Waals surface area contributed by atoms with E-state index >= 15 is 0 Å². The van der Waals surface area contributed by atoms with Gasteiger partial charge in [-0.2, -0.15) is 5.26 Å². The Morgan fingerprint density at radius 2 is 0.978 bits per heavy atom. The largest absolute Gasteiger partial charge is 0.494 e. The molecular formula is C40H49N3O2. The van der Waals surface area contributed by atoms with Crippen LogP contribution in [-0.4, -0.2) is 23.2 Å². The average Bonchev–Trinajstić information content (AvgIpc) is 3.09. The number of ether oxygens (including phenoxy) is 2. The second-order valence-electron chi connectivity index (χ2n) is 11.8. The highest BCUT2D eigenvalue weighted by Crippen LogP contribution is 2.23. The molecule has 0 unspecified atom stereocenters. The van der Waals surface area contributed by atoms with Crippen molar-refractivity contribution in [2.75, 3.05) is 13.2 Å². The molecular weight excluding hydrogens is 554 g/mol. The van der Waals surface area contributed by atoms with Gasteiger partial charge in [0.15, 0.2) is 5.82 Å². The topological polar surface area (TPSA) is 68.0 Å². The number of nitrogens with zero attached hydrogens (tertiary/aromatic N) is 3. The first-order chi connectivity index (χ1) is 22.2. The molecule has 0 spiro atoms. The minimum absolute atomic E-state index is 0.678. The van der Waals surface area contributed by atoms with Gasteiger partial charge in [-0.05, 0) is 90.9 Å². The lowest BCUT2D eigenvalue weighted by atomic mass is 10.0. The Bertz CT molecular complexity index is 1390. The summed E-state index contributed by atoms with van der Waals surface area (Å²) in [7, 11) is 0. The van der Waals surface area contributed by atoms with Gasteiger partial charge in [-0.1, -0.05) is 95.4 Å². The Labute approximate surface area is 270 Å². The smallest absolute Gasteiger partial charge is 0.159 e. The summed E-state index contributed by atoms with van der Waals surface area (Å²) in [4.78, 5) is 9.20. The minimum atomic E-state index is 0.678. The van der Waals surface area contributed by atoms with Gasteiger partial charge in [-0.15, -0.1) is 0 Å². The van der Waals surface area contributed by atoms with E-state index in [1.54, 1.807) is 0 Å². The summed E-state index contributed by atoms with van der Waals surface area (Å²) >= 11 is 0. The van der Waals surface area contributed by atoms with Crippen LogP contribution < -0.4 is 9.47 Å². The van der Waals surface area contributed by atoms with Gasteiger partial charge >= 0.3 is 0 Å². The Hall–Kier alpha value is -4.17.